The molecule has 9 nitrogen and oxygen atoms in total. The number of carbonyl (C=O) groups excluding carboxylic acids is 3. The average Bonchev–Trinajstić information content (AvgIpc) is 3.41. The van der Waals surface area contributed by atoms with Gasteiger partial charge in [0.2, 0.25) is 11.8 Å². The van der Waals surface area contributed by atoms with E-state index in [4.69, 9.17) is 4.74 Å². The van der Waals surface area contributed by atoms with Crippen molar-refractivity contribution in [3.63, 3.8) is 0 Å². The van der Waals surface area contributed by atoms with Crippen molar-refractivity contribution in [2.45, 2.75) is 19.0 Å². The summed E-state index contributed by atoms with van der Waals surface area (Å²) in [6, 6.07) is 16.9. The number of hydrogen-bond donors (Lipinski definition) is 0. The Morgan fingerprint density at radius 1 is 0.974 bits per heavy atom. The third kappa shape index (κ3) is 3.35. The van der Waals surface area contributed by atoms with Gasteiger partial charge in [-0.15, -0.1) is 0 Å². The van der Waals surface area contributed by atoms with Crippen molar-refractivity contribution >= 4 is 35.0 Å². The first-order valence-corrected chi connectivity index (χ1v) is 12.2. The number of aryl methyl sites for hydroxylation is 1. The van der Waals surface area contributed by atoms with Gasteiger partial charge in [0.15, 0.2) is 5.78 Å². The zero-order valence-corrected chi connectivity index (χ0v) is 20.6. The summed E-state index contributed by atoms with van der Waals surface area (Å²) < 4.78 is 5.21. The number of anilines is 1. The van der Waals surface area contributed by atoms with Gasteiger partial charge in [-0.25, -0.2) is 4.90 Å². The van der Waals surface area contributed by atoms with Gasteiger partial charge in [-0.1, -0.05) is 30.3 Å². The topological polar surface area (TPSA) is 110 Å². The van der Waals surface area contributed by atoms with Gasteiger partial charge in [-0.05, 0) is 54.0 Å². The molecule has 3 heterocycles. The normalized spacial score (nSPS) is 23.2. The third-order valence-corrected chi connectivity index (χ3v) is 7.75. The minimum absolute atomic E-state index is 0.172. The molecule has 3 aromatic carbocycles. The monoisotopic (exact) mass is 509 g/mol. The Balaban J connectivity index is 1.49. The largest absolute Gasteiger partial charge is 0.497 e. The van der Waals surface area contributed by atoms with Crippen molar-refractivity contribution in [3.05, 3.63) is 105 Å². The van der Waals surface area contributed by atoms with Gasteiger partial charge in [0.25, 0.3) is 5.69 Å². The zero-order chi connectivity index (χ0) is 26.7. The number of non-ortho nitro benzene ring substituents is 1. The summed E-state index contributed by atoms with van der Waals surface area (Å²) >= 11 is 0. The number of nitro benzene ring substituents is 1. The second-order valence-corrected chi connectivity index (χ2v) is 9.67. The molecule has 4 atom stereocenters. The summed E-state index contributed by atoms with van der Waals surface area (Å²) in [6.07, 6.45) is 3.68. The number of ketones is 1. The highest BCUT2D eigenvalue weighted by atomic mass is 16.6. The lowest BCUT2D eigenvalue weighted by Gasteiger charge is -2.35. The quantitative estimate of drug-likeness (QED) is 0.218. The number of hydrogen-bond acceptors (Lipinski definition) is 7. The lowest BCUT2D eigenvalue weighted by atomic mass is 9.83. The Labute approximate surface area is 218 Å². The number of imide groups is 1. The number of amides is 2. The lowest BCUT2D eigenvalue weighted by molar-refractivity contribution is -0.384. The summed E-state index contributed by atoms with van der Waals surface area (Å²) in [7, 11) is 1.53. The van der Waals surface area contributed by atoms with E-state index >= 15 is 0 Å². The molecule has 0 radical (unpaired) electrons. The molecule has 2 saturated heterocycles. The zero-order valence-electron chi connectivity index (χ0n) is 20.6. The van der Waals surface area contributed by atoms with Crippen molar-refractivity contribution in [1.29, 1.82) is 0 Å². The molecule has 3 aliphatic heterocycles. The molecular formula is C29H23N3O6. The Kier molecular flexibility index (Phi) is 5.37. The standard InChI is InChI=1S/C29H23N3O6/c1-16-7-10-19(32(36)37)15-22(16)31-28(34)23-24(29(31)35)26(27(33)18-8-11-20(38-2)12-9-18)30-14-13-17-5-3-4-6-21(17)25(23)30/h3-15,23-26H,1-2H3/t23-,24+,25-,26-/m0/s1. The van der Waals surface area contributed by atoms with E-state index in [1.54, 1.807) is 37.4 Å². The van der Waals surface area contributed by atoms with Crippen LogP contribution in [0.3, 0.4) is 0 Å². The van der Waals surface area contributed by atoms with Gasteiger partial charge >= 0.3 is 0 Å². The molecular weight excluding hydrogens is 486 g/mol. The van der Waals surface area contributed by atoms with Crippen LogP contribution < -0.4 is 9.64 Å². The first kappa shape index (κ1) is 23.6. The number of ether oxygens (including phenoxy) is 1. The molecule has 0 spiro atoms. The van der Waals surface area contributed by atoms with Crippen molar-refractivity contribution in [2.75, 3.05) is 12.0 Å². The molecule has 3 aromatic rings. The number of benzene rings is 3. The van der Waals surface area contributed by atoms with Crippen molar-refractivity contribution in [2.24, 2.45) is 11.8 Å². The van der Waals surface area contributed by atoms with Crippen LogP contribution in [0.5, 0.6) is 5.75 Å². The summed E-state index contributed by atoms with van der Waals surface area (Å²) in [4.78, 5) is 55.8. The Morgan fingerprint density at radius 2 is 1.68 bits per heavy atom. The number of nitro groups is 1. The number of nitrogens with zero attached hydrogens (tertiary/aromatic N) is 3. The van der Waals surface area contributed by atoms with Crippen LogP contribution >= 0.6 is 0 Å². The molecule has 0 saturated carbocycles. The summed E-state index contributed by atoms with van der Waals surface area (Å²) in [5, 5.41) is 11.5. The Bertz CT molecular complexity index is 1550. The van der Waals surface area contributed by atoms with E-state index in [-0.39, 0.29) is 17.2 Å². The van der Waals surface area contributed by atoms with Crippen LogP contribution in [0.25, 0.3) is 6.08 Å². The van der Waals surface area contributed by atoms with Crippen LogP contribution in [0.15, 0.2) is 72.9 Å². The number of carbonyl (C=O) groups is 3. The Hall–Kier alpha value is -4.79. The predicted octanol–water partition coefficient (Wildman–Crippen LogP) is 4.31. The second-order valence-electron chi connectivity index (χ2n) is 9.67. The first-order chi connectivity index (χ1) is 18.3. The van der Waals surface area contributed by atoms with Gasteiger partial charge in [0, 0.05) is 23.9 Å². The van der Waals surface area contributed by atoms with Gasteiger partial charge in [-0.2, -0.15) is 0 Å². The van der Waals surface area contributed by atoms with Gasteiger partial charge in [-0.3, -0.25) is 24.5 Å². The molecule has 3 aliphatic rings. The van der Waals surface area contributed by atoms with E-state index in [0.29, 0.717) is 16.9 Å². The van der Waals surface area contributed by atoms with E-state index < -0.39 is 40.7 Å². The SMILES string of the molecule is COc1ccc(C(=O)[C@@H]2[C@@H]3C(=O)N(c4cc([N+](=O)[O-])ccc4C)C(=O)[C@@H]3[C@@H]3c4ccccc4C=CN23)cc1. The highest BCUT2D eigenvalue weighted by Gasteiger charge is 2.64. The number of methoxy groups -OCH3 is 1. The lowest BCUT2D eigenvalue weighted by Crippen LogP contribution is -2.44. The minimum atomic E-state index is -0.962. The maximum absolute atomic E-state index is 14.0. The fraction of sp³-hybridized carbons (Fsp3) is 0.207. The average molecular weight is 510 g/mol. The molecule has 0 unspecified atom stereocenters. The highest BCUT2D eigenvalue weighted by Crippen LogP contribution is 2.54. The molecule has 190 valence electrons. The van der Waals surface area contributed by atoms with Gasteiger partial charge < -0.3 is 9.64 Å². The van der Waals surface area contributed by atoms with Crippen LogP contribution in [0.4, 0.5) is 11.4 Å². The second kappa shape index (κ2) is 8.65. The molecule has 2 amide bonds. The summed E-state index contributed by atoms with van der Waals surface area (Å²) in [5.41, 5.74) is 2.67. The number of rotatable bonds is 5. The maximum Gasteiger partial charge on any atom is 0.271 e. The van der Waals surface area contributed by atoms with Crippen LogP contribution in [-0.2, 0) is 9.59 Å². The number of fused-ring (bicyclic) bond motifs is 5. The summed E-state index contributed by atoms with van der Waals surface area (Å²) in [6.45, 7) is 1.69. The van der Waals surface area contributed by atoms with Crippen LogP contribution in [0.1, 0.15) is 33.1 Å². The van der Waals surface area contributed by atoms with Gasteiger partial charge in [0.05, 0.1) is 35.6 Å². The van der Waals surface area contributed by atoms with E-state index in [9.17, 15) is 24.5 Å². The van der Waals surface area contributed by atoms with E-state index in [2.05, 4.69) is 0 Å². The first-order valence-electron chi connectivity index (χ1n) is 12.2. The highest BCUT2D eigenvalue weighted by molar-refractivity contribution is 6.25. The summed E-state index contributed by atoms with van der Waals surface area (Å²) in [5.74, 6) is -2.48. The van der Waals surface area contributed by atoms with E-state index in [1.165, 1.54) is 25.3 Å². The van der Waals surface area contributed by atoms with E-state index in [1.807, 2.05) is 35.2 Å². The predicted molar refractivity (Wildman–Crippen MR) is 138 cm³/mol. The molecule has 0 aliphatic carbocycles. The van der Waals surface area contributed by atoms with Crippen molar-refractivity contribution in [1.82, 2.24) is 4.90 Å². The molecule has 38 heavy (non-hydrogen) atoms. The van der Waals surface area contributed by atoms with Crippen LogP contribution in [0.2, 0.25) is 0 Å². The fourth-order valence-electron chi connectivity index (χ4n) is 5.97. The van der Waals surface area contributed by atoms with Crippen molar-refractivity contribution < 1.29 is 24.0 Å². The minimum Gasteiger partial charge on any atom is -0.497 e. The van der Waals surface area contributed by atoms with Crippen LogP contribution in [0, 0.1) is 28.9 Å². The van der Waals surface area contributed by atoms with Crippen molar-refractivity contribution in [3.8, 4) is 5.75 Å². The molecule has 6 rings (SSSR count). The smallest absolute Gasteiger partial charge is 0.271 e. The number of Topliss-reactive ketones (excluding diaryl/α,β-unsaturated/α-hetero) is 1. The van der Waals surface area contributed by atoms with Crippen LogP contribution in [-0.4, -0.2) is 40.6 Å². The third-order valence-electron chi connectivity index (χ3n) is 7.75. The fourth-order valence-corrected chi connectivity index (χ4v) is 5.97. The maximum atomic E-state index is 14.0. The molecule has 0 N–H and O–H groups in total. The molecule has 0 bridgehead atoms. The van der Waals surface area contributed by atoms with Gasteiger partial charge in [0.1, 0.15) is 11.8 Å². The molecule has 9 heteroatoms. The van der Waals surface area contributed by atoms with E-state index in [0.717, 1.165) is 16.0 Å². The Morgan fingerprint density at radius 3 is 2.39 bits per heavy atom. The molecule has 2 fully saturated rings. The molecule has 0 aromatic heterocycles.